The lowest BCUT2D eigenvalue weighted by atomic mass is 10.2. The average molecular weight is 377 g/mol. The lowest BCUT2D eigenvalue weighted by molar-refractivity contribution is 0.101. The van der Waals surface area contributed by atoms with Crippen LogP contribution >= 0.6 is 0 Å². The highest BCUT2D eigenvalue weighted by molar-refractivity contribution is 7.89. The lowest BCUT2D eigenvalue weighted by Gasteiger charge is -2.39. The molecular weight excluding hydrogens is 357 g/mol. The third-order valence-electron chi connectivity index (χ3n) is 4.48. The monoisotopic (exact) mass is 377 g/mol. The van der Waals surface area contributed by atoms with E-state index in [9.17, 15) is 17.6 Å². The van der Waals surface area contributed by atoms with Crippen molar-refractivity contribution >= 4 is 21.6 Å². The van der Waals surface area contributed by atoms with Crippen molar-refractivity contribution in [2.24, 2.45) is 0 Å². The lowest BCUT2D eigenvalue weighted by Crippen LogP contribution is -2.53. The van der Waals surface area contributed by atoms with Gasteiger partial charge in [0, 0.05) is 31.2 Å². The molecule has 0 saturated carbocycles. The van der Waals surface area contributed by atoms with E-state index in [0.717, 1.165) is 0 Å². The molecule has 1 aromatic heterocycles. The number of rotatable bonds is 4. The molecule has 0 radical (unpaired) electrons. The molecule has 6 nitrogen and oxygen atoms in total. The van der Waals surface area contributed by atoms with Crippen LogP contribution < -0.4 is 4.90 Å². The zero-order chi connectivity index (χ0) is 18.9. The van der Waals surface area contributed by atoms with Crippen LogP contribution in [0.4, 0.5) is 10.2 Å². The van der Waals surface area contributed by atoms with Gasteiger partial charge in [-0.2, -0.15) is 8.70 Å². The van der Waals surface area contributed by atoms with Gasteiger partial charge in [-0.15, -0.1) is 0 Å². The smallest absolute Gasteiger partial charge is 0.243 e. The van der Waals surface area contributed by atoms with Crippen LogP contribution in [0.3, 0.4) is 0 Å². The molecule has 0 spiro atoms. The predicted octanol–water partition coefficient (Wildman–Crippen LogP) is 2.32. The quantitative estimate of drug-likeness (QED) is 0.604. The Kier molecular flexibility index (Phi) is 5.06. The Morgan fingerprint density at radius 3 is 2.42 bits per heavy atom. The zero-order valence-electron chi connectivity index (χ0n) is 14.6. The summed E-state index contributed by atoms with van der Waals surface area (Å²) in [5, 5.41) is 0. The molecule has 2 aromatic rings. The highest BCUT2D eigenvalue weighted by Crippen LogP contribution is 2.23. The SMILES string of the molecule is CC(=O)c1ccc(S(=O)(=O)N2CCN(c3cccc(F)n3)C(C)C2)cc1. The minimum Gasteiger partial charge on any atom is -0.351 e. The molecule has 26 heavy (non-hydrogen) atoms. The first-order valence-corrected chi connectivity index (χ1v) is 9.73. The van der Waals surface area contributed by atoms with Crippen molar-refractivity contribution in [1.29, 1.82) is 0 Å². The number of nitrogens with zero attached hydrogens (tertiary/aromatic N) is 3. The van der Waals surface area contributed by atoms with Gasteiger partial charge in [0.1, 0.15) is 5.82 Å². The number of anilines is 1. The largest absolute Gasteiger partial charge is 0.351 e. The van der Waals surface area contributed by atoms with Crippen LogP contribution in [0.1, 0.15) is 24.2 Å². The fourth-order valence-corrected chi connectivity index (χ4v) is 4.56. The van der Waals surface area contributed by atoms with E-state index in [1.54, 1.807) is 12.1 Å². The summed E-state index contributed by atoms with van der Waals surface area (Å²) in [5.41, 5.74) is 0.472. The van der Waals surface area contributed by atoms with Gasteiger partial charge in [-0.1, -0.05) is 18.2 Å². The molecule has 1 saturated heterocycles. The molecule has 1 atom stereocenters. The van der Waals surface area contributed by atoms with Crippen molar-refractivity contribution in [3.05, 3.63) is 54.0 Å². The average Bonchev–Trinajstić information content (AvgIpc) is 2.61. The zero-order valence-corrected chi connectivity index (χ0v) is 15.4. The number of carbonyl (C=O) groups excluding carboxylic acids is 1. The molecule has 1 unspecified atom stereocenters. The van der Waals surface area contributed by atoms with Gasteiger partial charge in [0.05, 0.1) is 4.90 Å². The number of ketones is 1. The molecule has 3 rings (SSSR count). The number of aromatic nitrogens is 1. The fraction of sp³-hybridized carbons (Fsp3) is 0.333. The molecule has 1 aliphatic heterocycles. The molecule has 8 heteroatoms. The molecule has 138 valence electrons. The third kappa shape index (κ3) is 3.61. The van der Waals surface area contributed by atoms with Crippen molar-refractivity contribution in [2.45, 2.75) is 24.8 Å². The van der Waals surface area contributed by atoms with Crippen molar-refractivity contribution in [2.75, 3.05) is 24.5 Å². The molecule has 0 N–H and O–H groups in total. The summed E-state index contributed by atoms with van der Waals surface area (Å²) in [6, 6.07) is 10.4. The second-order valence-corrected chi connectivity index (χ2v) is 8.24. The summed E-state index contributed by atoms with van der Waals surface area (Å²) in [6.07, 6.45) is 0. The molecule has 2 heterocycles. The summed E-state index contributed by atoms with van der Waals surface area (Å²) in [5.74, 6) is -0.172. The number of Topliss-reactive ketones (excluding diaryl/α,β-unsaturated/α-hetero) is 1. The molecule has 1 aromatic carbocycles. The molecule has 0 aliphatic carbocycles. The van der Waals surface area contributed by atoms with E-state index < -0.39 is 16.0 Å². The number of sulfonamides is 1. The van der Waals surface area contributed by atoms with Crippen LogP contribution in [0.15, 0.2) is 47.4 Å². The number of pyridine rings is 1. The Labute approximate surface area is 152 Å². The van der Waals surface area contributed by atoms with Crippen LogP contribution in [0.25, 0.3) is 0 Å². The summed E-state index contributed by atoms with van der Waals surface area (Å²) >= 11 is 0. The van der Waals surface area contributed by atoms with Gasteiger partial charge < -0.3 is 4.90 Å². The number of hydrogen-bond acceptors (Lipinski definition) is 5. The van der Waals surface area contributed by atoms with Gasteiger partial charge in [-0.25, -0.2) is 13.4 Å². The van der Waals surface area contributed by atoms with E-state index in [0.29, 0.717) is 17.9 Å². The first-order chi connectivity index (χ1) is 12.3. The minimum absolute atomic E-state index is 0.112. The number of carbonyl (C=O) groups is 1. The molecule has 0 bridgehead atoms. The first-order valence-electron chi connectivity index (χ1n) is 8.29. The van der Waals surface area contributed by atoms with E-state index in [-0.39, 0.29) is 29.8 Å². The summed E-state index contributed by atoms with van der Waals surface area (Å²) in [7, 11) is -3.65. The normalized spacial score (nSPS) is 18.7. The van der Waals surface area contributed by atoms with E-state index in [2.05, 4.69) is 4.98 Å². The molecule has 1 aliphatic rings. The van der Waals surface area contributed by atoms with E-state index in [1.165, 1.54) is 41.6 Å². The maximum absolute atomic E-state index is 13.4. The first kappa shape index (κ1) is 18.5. The van der Waals surface area contributed by atoms with Gasteiger partial charge in [0.2, 0.25) is 16.0 Å². The molecular formula is C18H20FN3O3S. The van der Waals surface area contributed by atoms with Crippen LogP contribution in [-0.4, -0.2) is 49.2 Å². The maximum atomic E-state index is 13.4. The van der Waals surface area contributed by atoms with Gasteiger partial charge in [-0.3, -0.25) is 4.79 Å². The highest BCUT2D eigenvalue weighted by Gasteiger charge is 2.32. The third-order valence-corrected chi connectivity index (χ3v) is 6.36. The van der Waals surface area contributed by atoms with Crippen molar-refractivity contribution in [1.82, 2.24) is 9.29 Å². The van der Waals surface area contributed by atoms with E-state index in [1.807, 2.05) is 11.8 Å². The van der Waals surface area contributed by atoms with E-state index >= 15 is 0 Å². The number of benzene rings is 1. The summed E-state index contributed by atoms with van der Waals surface area (Å²) in [6.45, 7) is 4.29. The number of piperazine rings is 1. The van der Waals surface area contributed by atoms with Crippen LogP contribution in [0.2, 0.25) is 0 Å². The second-order valence-electron chi connectivity index (χ2n) is 6.30. The van der Waals surface area contributed by atoms with Crippen LogP contribution in [-0.2, 0) is 10.0 Å². The number of hydrogen-bond donors (Lipinski definition) is 0. The van der Waals surface area contributed by atoms with Crippen molar-refractivity contribution in [3.8, 4) is 0 Å². The van der Waals surface area contributed by atoms with Gasteiger partial charge in [0.25, 0.3) is 0 Å². The van der Waals surface area contributed by atoms with Gasteiger partial charge >= 0.3 is 0 Å². The minimum atomic E-state index is -3.65. The van der Waals surface area contributed by atoms with Gasteiger partial charge in [0.15, 0.2) is 5.78 Å². The topological polar surface area (TPSA) is 70.6 Å². The molecule has 1 fully saturated rings. The van der Waals surface area contributed by atoms with Crippen LogP contribution in [0, 0.1) is 5.95 Å². The van der Waals surface area contributed by atoms with E-state index in [4.69, 9.17) is 0 Å². The maximum Gasteiger partial charge on any atom is 0.243 e. The Balaban J connectivity index is 1.78. The second kappa shape index (κ2) is 7.13. The Morgan fingerprint density at radius 1 is 1.15 bits per heavy atom. The predicted molar refractivity (Wildman–Crippen MR) is 96.2 cm³/mol. The summed E-state index contributed by atoms with van der Waals surface area (Å²) < 4.78 is 40.5. The highest BCUT2D eigenvalue weighted by atomic mass is 32.2. The van der Waals surface area contributed by atoms with Crippen LogP contribution in [0.5, 0.6) is 0 Å². The number of halogens is 1. The Bertz CT molecular complexity index is 916. The Hall–Kier alpha value is -2.32. The molecule has 0 amide bonds. The van der Waals surface area contributed by atoms with Crippen molar-refractivity contribution in [3.63, 3.8) is 0 Å². The van der Waals surface area contributed by atoms with Crippen molar-refractivity contribution < 1.29 is 17.6 Å². The van der Waals surface area contributed by atoms with Gasteiger partial charge in [-0.05, 0) is 38.1 Å². The summed E-state index contributed by atoms with van der Waals surface area (Å²) in [4.78, 5) is 17.3. The standard InChI is InChI=1S/C18H20FN3O3S/c1-13-12-21(10-11-22(13)18-5-3-4-17(19)20-18)26(24,25)16-8-6-15(7-9-16)14(2)23/h3-9,13H,10-12H2,1-2H3. The Morgan fingerprint density at radius 2 is 1.85 bits per heavy atom. The fourth-order valence-electron chi connectivity index (χ4n) is 3.05.